The van der Waals surface area contributed by atoms with E-state index < -0.39 is 6.10 Å². The lowest BCUT2D eigenvalue weighted by Gasteiger charge is -2.36. The minimum absolute atomic E-state index is 0.0192. The third kappa shape index (κ3) is 2.60. The van der Waals surface area contributed by atoms with Crippen LogP contribution >= 0.6 is 0 Å². The van der Waals surface area contributed by atoms with Gasteiger partial charge in [0.05, 0.1) is 18.1 Å². The van der Waals surface area contributed by atoms with Crippen LogP contribution in [-0.2, 0) is 9.59 Å². The number of aliphatic hydroxyl groups excluding tert-OH is 1. The van der Waals surface area contributed by atoms with Gasteiger partial charge in [0.1, 0.15) is 0 Å². The highest BCUT2D eigenvalue weighted by Gasteiger charge is 2.35. The SMILES string of the molecule is CN(C(=O)C1CNC(=O)C1)C1CCCCC1O. The first kappa shape index (κ1) is 12.4. The molecule has 0 bridgehead atoms. The number of hydrogen-bond donors (Lipinski definition) is 2. The zero-order valence-electron chi connectivity index (χ0n) is 10.2. The molecule has 0 aromatic carbocycles. The maximum Gasteiger partial charge on any atom is 0.228 e. The van der Waals surface area contributed by atoms with Crippen LogP contribution in [0.4, 0.5) is 0 Å². The molecule has 0 radical (unpaired) electrons. The van der Waals surface area contributed by atoms with Crippen LogP contribution in [0.5, 0.6) is 0 Å². The number of hydrogen-bond acceptors (Lipinski definition) is 3. The van der Waals surface area contributed by atoms with Crippen molar-refractivity contribution in [1.29, 1.82) is 0 Å². The topological polar surface area (TPSA) is 69.6 Å². The first-order valence-electron chi connectivity index (χ1n) is 6.31. The minimum atomic E-state index is -0.414. The molecule has 2 rings (SSSR count). The van der Waals surface area contributed by atoms with Gasteiger partial charge in [0.15, 0.2) is 0 Å². The van der Waals surface area contributed by atoms with Gasteiger partial charge in [-0.15, -0.1) is 0 Å². The van der Waals surface area contributed by atoms with Crippen molar-refractivity contribution in [2.45, 2.75) is 44.2 Å². The lowest BCUT2D eigenvalue weighted by atomic mass is 9.91. The quantitative estimate of drug-likeness (QED) is 0.707. The second kappa shape index (κ2) is 5.04. The maximum atomic E-state index is 12.2. The highest BCUT2D eigenvalue weighted by Crippen LogP contribution is 2.24. The van der Waals surface area contributed by atoms with Crippen LogP contribution in [0, 0.1) is 5.92 Å². The number of nitrogens with one attached hydrogen (secondary N) is 1. The number of rotatable bonds is 2. The van der Waals surface area contributed by atoms with Crippen LogP contribution in [-0.4, -0.2) is 47.6 Å². The van der Waals surface area contributed by atoms with Gasteiger partial charge in [0, 0.05) is 20.0 Å². The third-order valence-corrected chi connectivity index (χ3v) is 3.87. The lowest BCUT2D eigenvalue weighted by Crippen LogP contribution is -2.48. The summed E-state index contributed by atoms with van der Waals surface area (Å²) in [5.41, 5.74) is 0. The summed E-state index contributed by atoms with van der Waals surface area (Å²) in [7, 11) is 1.74. The zero-order valence-corrected chi connectivity index (χ0v) is 10.2. The van der Waals surface area contributed by atoms with E-state index in [4.69, 9.17) is 0 Å². The van der Waals surface area contributed by atoms with E-state index >= 15 is 0 Å². The van der Waals surface area contributed by atoms with E-state index in [1.54, 1.807) is 11.9 Å². The molecule has 1 aliphatic carbocycles. The van der Waals surface area contributed by atoms with Crippen molar-refractivity contribution in [2.75, 3.05) is 13.6 Å². The van der Waals surface area contributed by atoms with Crippen molar-refractivity contribution in [3.8, 4) is 0 Å². The van der Waals surface area contributed by atoms with Crippen molar-refractivity contribution in [1.82, 2.24) is 10.2 Å². The molecule has 2 N–H and O–H groups in total. The van der Waals surface area contributed by atoms with Gasteiger partial charge in [-0.25, -0.2) is 0 Å². The molecular weight excluding hydrogens is 220 g/mol. The number of amides is 2. The van der Waals surface area contributed by atoms with E-state index in [2.05, 4.69) is 5.32 Å². The Morgan fingerprint density at radius 1 is 1.41 bits per heavy atom. The fourth-order valence-electron chi connectivity index (χ4n) is 2.77. The Bertz CT molecular complexity index is 319. The Kier molecular flexibility index (Phi) is 3.66. The Labute approximate surface area is 101 Å². The number of carbonyl (C=O) groups is 2. The zero-order chi connectivity index (χ0) is 12.4. The van der Waals surface area contributed by atoms with Crippen LogP contribution in [0.2, 0.25) is 0 Å². The summed E-state index contributed by atoms with van der Waals surface area (Å²) in [6.45, 7) is 0.435. The van der Waals surface area contributed by atoms with E-state index in [1.165, 1.54) is 0 Å². The fraction of sp³-hybridized carbons (Fsp3) is 0.833. The molecule has 0 aromatic rings. The number of likely N-dealkylation sites (N-methyl/N-ethyl adjacent to an activating group) is 1. The van der Waals surface area contributed by atoms with Crippen molar-refractivity contribution in [3.05, 3.63) is 0 Å². The molecule has 2 amide bonds. The molecule has 2 aliphatic rings. The molecule has 3 unspecified atom stereocenters. The molecule has 1 saturated carbocycles. The first-order valence-corrected chi connectivity index (χ1v) is 6.31. The van der Waals surface area contributed by atoms with Crippen LogP contribution in [0.1, 0.15) is 32.1 Å². The summed E-state index contributed by atoms with van der Waals surface area (Å²) in [5, 5.41) is 12.6. The van der Waals surface area contributed by atoms with E-state index in [9.17, 15) is 14.7 Å². The molecule has 1 aliphatic heterocycles. The molecular formula is C12H20N2O3. The average molecular weight is 240 g/mol. The summed E-state index contributed by atoms with van der Waals surface area (Å²) >= 11 is 0. The molecule has 3 atom stereocenters. The van der Waals surface area contributed by atoms with Crippen LogP contribution in [0.25, 0.3) is 0 Å². The highest BCUT2D eigenvalue weighted by molar-refractivity contribution is 5.89. The summed E-state index contributed by atoms with van der Waals surface area (Å²) in [4.78, 5) is 24.9. The van der Waals surface area contributed by atoms with Gasteiger partial charge in [0.2, 0.25) is 11.8 Å². The molecule has 0 aromatic heterocycles. The van der Waals surface area contributed by atoms with E-state index in [-0.39, 0.29) is 30.2 Å². The second-order valence-electron chi connectivity index (χ2n) is 5.07. The second-order valence-corrected chi connectivity index (χ2v) is 5.07. The van der Waals surface area contributed by atoms with E-state index in [0.717, 1.165) is 25.7 Å². The first-order chi connectivity index (χ1) is 8.09. The molecule has 1 heterocycles. The molecule has 5 nitrogen and oxygen atoms in total. The van der Waals surface area contributed by atoms with Gasteiger partial charge in [-0.1, -0.05) is 12.8 Å². The van der Waals surface area contributed by atoms with Gasteiger partial charge in [-0.2, -0.15) is 0 Å². The van der Waals surface area contributed by atoms with Crippen LogP contribution in [0.15, 0.2) is 0 Å². The molecule has 17 heavy (non-hydrogen) atoms. The summed E-state index contributed by atoms with van der Waals surface area (Å²) in [6.07, 6.45) is 3.58. The molecule has 5 heteroatoms. The Balaban J connectivity index is 1.96. The molecule has 2 fully saturated rings. The van der Waals surface area contributed by atoms with E-state index in [0.29, 0.717) is 6.54 Å². The summed E-state index contributed by atoms with van der Waals surface area (Å²) in [5.74, 6) is -0.322. The van der Waals surface area contributed by atoms with Crippen molar-refractivity contribution in [3.63, 3.8) is 0 Å². The monoisotopic (exact) mass is 240 g/mol. The van der Waals surface area contributed by atoms with Gasteiger partial charge >= 0.3 is 0 Å². The molecule has 0 spiro atoms. The predicted molar refractivity (Wildman–Crippen MR) is 62.1 cm³/mol. The Hall–Kier alpha value is -1.10. The van der Waals surface area contributed by atoms with E-state index in [1.807, 2.05) is 0 Å². The largest absolute Gasteiger partial charge is 0.391 e. The van der Waals surface area contributed by atoms with Crippen LogP contribution in [0.3, 0.4) is 0 Å². The minimum Gasteiger partial charge on any atom is -0.391 e. The van der Waals surface area contributed by atoms with Crippen LogP contribution < -0.4 is 5.32 Å². The number of carbonyl (C=O) groups excluding carboxylic acids is 2. The predicted octanol–water partition coefficient (Wildman–Crippen LogP) is -0.116. The van der Waals surface area contributed by atoms with Gasteiger partial charge in [0.25, 0.3) is 0 Å². The van der Waals surface area contributed by atoms with Crippen molar-refractivity contribution >= 4 is 11.8 Å². The van der Waals surface area contributed by atoms with Gasteiger partial charge in [-0.05, 0) is 12.8 Å². The number of nitrogens with zero attached hydrogens (tertiary/aromatic N) is 1. The smallest absolute Gasteiger partial charge is 0.228 e. The Morgan fingerprint density at radius 2 is 2.12 bits per heavy atom. The molecule has 1 saturated heterocycles. The Morgan fingerprint density at radius 3 is 2.71 bits per heavy atom. The highest BCUT2D eigenvalue weighted by atomic mass is 16.3. The van der Waals surface area contributed by atoms with Crippen molar-refractivity contribution < 1.29 is 14.7 Å². The lowest BCUT2D eigenvalue weighted by molar-refractivity contribution is -0.139. The third-order valence-electron chi connectivity index (χ3n) is 3.87. The molecule has 96 valence electrons. The normalized spacial score (nSPS) is 33.3. The fourth-order valence-corrected chi connectivity index (χ4v) is 2.77. The number of aliphatic hydroxyl groups is 1. The summed E-state index contributed by atoms with van der Waals surface area (Å²) < 4.78 is 0. The summed E-state index contributed by atoms with van der Waals surface area (Å²) in [6, 6.07) is -0.0769. The van der Waals surface area contributed by atoms with Gasteiger partial charge in [-0.3, -0.25) is 9.59 Å². The average Bonchev–Trinajstić information content (AvgIpc) is 2.75. The standard InChI is InChI=1S/C12H20N2O3/c1-14(9-4-2-3-5-10(9)15)12(17)8-6-11(16)13-7-8/h8-10,15H,2-7H2,1H3,(H,13,16). The van der Waals surface area contributed by atoms with Crippen molar-refractivity contribution in [2.24, 2.45) is 5.92 Å². The maximum absolute atomic E-state index is 12.2. The van der Waals surface area contributed by atoms with Gasteiger partial charge < -0.3 is 15.3 Å².